The minimum Gasteiger partial charge on any atom is -0.347 e. The first-order chi connectivity index (χ1) is 18.4. The van der Waals surface area contributed by atoms with Gasteiger partial charge in [0.15, 0.2) is 0 Å². The van der Waals surface area contributed by atoms with Crippen molar-refractivity contribution >= 4 is 46.2 Å². The number of hydrogen-bond acceptors (Lipinski definition) is 7. The van der Waals surface area contributed by atoms with Crippen LogP contribution in [0, 0.1) is 39.2 Å². The average Bonchev–Trinajstić information content (AvgIpc) is 3.11. The van der Waals surface area contributed by atoms with Gasteiger partial charge in [0.05, 0.1) is 16.9 Å². The number of fused-ring (bicyclic) bond motifs is 2. The van der Waals surface area contributed by atoms with Crippen LogP contribution in [0.25, 0.3) is 0 Å². The lowest BCUT2D eigenvalue weighted by atomic mass is 9.65. The van der Waals surface area contributed by atoms with Crippen molar-refractivity contribution in [2.45, 2.75) is 58.9 Å². The van der Waals surface area contributed by atoms with E-state index in [0.717, 1.165) is 36.9 Å². The second-order valence-electron chi connectivity index (χ2n) is 11.9. The second-order valence-corrected chi connectivity index (χ2v) is 12.8. The van der Waals surface area contributed by atoms with Crippen molar-refractivity contribution in [2.75, 3.05) is 16.8 Å². The van der Waals surface area contributed by atoms with Gasteiger partial charge in [-0.2, -0.15) is 5.26 Å². The van der Waals surface area contributed by atoms with E-state index in [1.165, 1.54) is 6.33 Å². The molecule has 2 aromatic carbocycles. The second kappa shape index (κ2) is 9.96. The van der Waals surface area contributed by atoms with Crippen LogP contribution in [0.5, 0.6) is 0 Å². The molecule has 10 heteroatoms. The van der Waals surface area contributed by atoms with Gasteiger partial charge in [0, 0.05) is 28.3 Å². The Balaban J connectivity index is 1.49. The van der Waals surface area contributed by atoms with Gasteiger partial charge in [-0.05, 0) is 71.9 Å². The molecule has 8 nitrogen and oxygen atoms in total. The molecule has 2 bridgehead atoms. The zero-order valence-electron chi connectivity index (χ0n) is 22.3. The number of nitriles is 1. The largest absolute Gasteiger partial charge is 0.353 e. The summed E-state index contributed by atoms with van der Waals surface area (Å²) in [5.74, 6) is -0.142. The van der Waals surface area contributed by atoms with Crippen molar-refractivity contribution in [3.8, 4) is 6.07 Å². The summed E-state index contributed by atoms with van der Waals surface area (Å²) >= 11 is 12.7. The van der Waals surface area contributed by atoms with Crippen LogP contribution in [0.1, 0.15) is 62.6 Å². The van der Waals surface area contributed by atoms with Crippen LogP contribution in [0.15, 0.2) is 42.7 Å². The molecule has 1 aliphatic heterocycles. The van der Waals surface area contributed by atoms with Crippen molar-refractivity contribution < 1.29 is 4.92 Å². The molecule has 1 saturated heterocycles. The maximum Gasteiger partial charge on any atom is 0.353 e. The van der Waals surface area contributed by atoms with E-state index in [-0.39, 0.29) is 28.4 Å². The fourth-order valence-corrected chi connectivity index (χ4v) is 7.11. The summed E-state index contributed by atoms with van der Waals surface area (Å²) < 4.78 is 0. The van der Waals surface area contributed by atoms with Gasteiger partial charge in [-0.3, -0.25) is 10.1 Å². The monoisotopic (exact) mass is 564 g/mol. The van der Waals surface area contributed by atoms with Crippen LogP contribution in [0.4, 0.5) is 23.0 Å². The normalized spacial score (nSPS) is 22.3. The summed E-state index contributed by atoms with van der Waals surface area (Å²) in [5.41, 5.74) is 2.84. The zero-order chi connectivity index (χ0) is 28.1. The Morgan fingerprint density at radius 2 is 1.90 bits per heavy atom. The SMILES string of the molecule is Cc1cc(C(C#N)c2ccc(Cl)cc2)c(Cl)cc1Nc1ncnc(N2CC3(C)CC2CC(C)(C)C3)c1[N+](=O)[O-]. The standard InChI is InChI=1S/C29H30Cl2N6O2/c1-17-9-21(22(13-32)18-5-7-19(30)8-6-18)23(31)10-24(17)35-26-25(37(38)39)27(34-16-33-26)36-15-29(4)12-20(36)11-28(2,3)14-29/h5-10,16,20,22H,11-12,14-15H2,1-4H3,(H,33,34,35). The fraction of sp³-hybridized carbons (Fsp3) is 0.414. The average molecular weight is 566 g/mol. The van der Waals surface area contributed by atoms with E-state index < -0.39 is 10.8 Å². The summed E-state index contributed by atoms with van der Waals surface area (Å²) in [6.45, 7) is 9.38. The lowest BCUT2D eigenvalue weighted by Crippen LogP contribution is -2.35. The molecule has 1 aliphatic carbocycles. The van der Waals surface area contributed by atoms with Crippen LogP contribution in [-0.2, 0) is 0 Å². The first-order valence-electron chi connectivity index (χ1n) is 12.9. The van der Waals surface area contributed by atoms with E-state index in [1.54, 1.807) is 30.3 Å². The van der Waals surface area contributed by atoms with Gasteiger partial charge in [0.1, 0.15) is 6.33 Å². The van der Waals surface area contributed by atoms with Crippen molar-refractivity contribution in [3.63, 3.8) is 0 Å². The minimum atomic E-state index is -0.595. The van der Waals surface area contributed by atoms with Crippen LogP contribution in [-0.4, -0.2) is 27.5 Å². The summed E-state index contributed by atoms with van der Waals surface area (Å²) in [6.07, 6.45) is 4.39. The van der Waals surface area contributed by atoms with Gasteiger partial charge in [0.25, 0.3) is 0 Å². The Kier molecular flexibility index (Phi) is 6.94. The first-order valence-corrected chi connectivity index (χ1v) is 13.6. The Bertz CT molecular complexity index is 1490. The van der Waals surface area contributed by atoms with Crippen molar-refractivity contribution in [1.82, 2.24) is 9.97 Å². The Labute approximate surface area is 238 Å². The molecule has 3 atom stereocenters. The quantitative estimate of drug-likeness (QED) is 0.240. The fourth-order valence-electron chi connectivity index (χ4n) is 6.71. The lowest BCUT2D eigenvalue weighted by molar-refractivity contribution is -0.383. The van der Waals surface area contributed by atoms with E-state index in [0.29, 0.717) is 27.1 Å². The number of aryl methyl sites for hydroxylation is 1. The molecule has 2 heterocycles. The number of halogens is 2. The third kappa shape index (κ3) is 5.26. The molecule has 1 saturated carbocycles. The topological polar surface area (TPSA) is 108 Å². The van der Waals surface area contributed by atoms with Crippen LogP contribution >= 0.6 is 23.2 Å². The molecule has 3 aromatic rings. The molecule has 1 aromatic heterocycles. The molecule has 0 radical (unpaired) electrons. The predicted molar refractivity (Wildman–Crippen MR) is 154 cm³/mol. The highest BCUT2D eigenvalue weighted by atomic mass is 35.5. The number of nitrogens with one attached hydrogen (secondary N) is 1. The smallest absolute Gasteiger partial charge is 0.347 e. The Hall–Kier alpha value is -3.41. The van der Waals surface area contributed by atoms with E-state index in [9.17, 15) is 15.4 Å². The highest BCUT2D eigenvalue weighted by molar-refractivity contribution is 6.32. The molecule has 202 valence electrons. The molecule has 2 fully saturated rings. The number of anilines is 3. The molecular weight excluding hydrogens is 535 g/mol. The summed E-state index contributed by atoms with van der Waals surface area (Å²) in [7, 11) is 0. The number of nitrogens with zero attached hydrogens (tertiary/aromatic N) is 5. The van der Waals surface area contributed by atoms with Gasteiger partial charge in [0.2, 0.25) is 11.6 Å². The third-order valence-corrected chi connectivity index (χ3v) is 8.49. The van der Waals surface area contributed by atoms with E-state index in [4.69, 9.17) is 23.2 Å². The zero-order valence-corrected chi connectivity index (χ0v) is 23.8. The number of benzene rings is 2. The number of nitro groups is 1. The maximum absolute atomic E-state index is 12.4. The number of hydrogen-bond donors (Lipinski definition) is 1. The highest BCUT2D eigenvalue weighted by Crippen LogP contribution is 2.54. The van der Waals surface area contributed by atoms with Gasteiger partial charge in [-0.1, -0.05) is 62.2 Å². The summed E-state index contributed by atoms with van der Waals surface area (Å²) in [6, 6.07) is 13.1. The minimum absolute atomic E-state index is 0.0835. The molecular formula is C29H30Cl2N6O2. The van der Waals surface area contributed by atoms with Crippen LogP contribution in [0.3, 0.4) is 0 Å². The molecule has 0 spiro atoms. The summed E-state index contributed by atoms with van der Waals surface area (Å²) in [5, 5.41) is 26.4. The molecule has 5 rings (SSSR count). The van der Waals surface area contributed by atoms with E-state index in [1.807, 2.05) is 13.0 Å². The van der Waals surface area contributed by atoms with Crippen LogP contribution < -0.4 is 10.2 Å². The van der Waals surface area contributed by atoms with Gasteiger partial charge in [-0.15, -0.1) is 0 Å². The van der Waals surface area contributed by atoms with E-state index >= 15 is 0 Å². The first kappa shape index (κ1) is 27.2. The summed E-state index contributed by atoms with van der Waals surface area (Å²) in [4.78, 5) is 22.8. The molecule has 0 amide bonds. The third-order valence-electron chi connectivity index (χ3n) is 7.91. The Morgan fingerprint density at radius 3 is 2.56 bits per heavy atom. The molecule has 2 aliphatic rings. The lowest BCUT2D eigenvalue weighted by Gasteiger charge is -2.39. The molecule has 1 N–H and O–H groups in total. The van der Waals surface area contributed by atoms with E-state index in [2.05, 4.69) is 47.0 Å². The number of rotatable bonds is 6. The van der Waals surface area contributed by atoms with Crippen LogP contribution in [0.2, 0.25) is 10.0 Å². The highest BCUT2D eigenvalue weighted by Gasteiger charge is 2.51. The molecule has 3 unspecified atom stereocenters. The van der Waals surface area contributed by atoms with Gasteiger partial charge in [-0.25, -0.2) is 9.97 Å². The van der Waals surface area contributed by atoms with Gasteiger partial charge >= 0.3 is 5.69 Å². The molecule has 39 heavy (non-hydrogen) atoms. The number of aromatic nitrogens is 2. The van der Waals surface area contributed by atoms with Crippen molar-refractivity contribution in [1.29, 1.82) is 5.26 Å². The van der Waals surface area contributed by atoms with Crippen molar-refractivity contribution in [2.24, 2.45) is 10.8 Å². The predicted octanol–water partition coefficient (Wildman–Crippen LogP) is 7.80. The Morgan fingerprint density at radius 1 is 1.18 bits per heavy atom. The maximum atomic E-state index is 12.4. The van der Waals surface area contributed by atoms with Gasteiger partial charge < -0.3 is 10.2 Å². The van der Waals surface area contributed by atoms with Crippen molar-refractivity contribution in [3.05, 3.63) is 79.6 Å².